The Morgan fingerprint density at radius 1 is 1.20 bits per heavy atom. The van der Waals surface area contributed by atoms with Crippen LogP contribution >= 0.6 is 23.2 Å². The summed E-state index contributed by atoms with van der Waals surface area (Å²) in [4.78, 5) is 0. The molecule has 0 radical (unpaired) electrons. The highest BCUT2D eigenvalue weighted by atomic mass is 35.5. The van der Waals surface area contributed by atoms with Crippen LogP contribution in [-0.4, -0.2) is 23.2 Å². The van der Waals surface area contributed by atoms with E-state index < -0.39 is 16.1 Å². The molecule has 60 valence electrons. The molecule has 0 N–H and O–H groups in total. The highest BCUT2D eigenvalue weighted by molar-refractivity contribution is 6.53. The van der Waals surface area contributed by atoms with Crippen molar-refractivity contribution in [2.75, 3.05) is 7.11 Å². The Kier molecular flexibility index (Phi) is 1.46. The van der Waals surface area contributed by atoms with Gasteiger partial charge in [-0.3, -0.25) is 0 Å². The minimum Gasteiger partial charge on any atom is -0.342 e. The van der Waals surface area contributed by atoms with Gasteiger partial charge in [0.2, 0.25) is 0 Å². The molecular formula is C4H3Cl2F3O. The second-order valence-electron chi connectivity index (χ2n) is 1.95. The van der Waals surface area contributed by atoms with Crippen LogP contribution in [0.4, 0.5) is 13.2 Å². The second-order valence-corrected chi connectivity index (χ2v) is 3.28. The van der Waals surface area contributed by atoms with Crippen LogP contribution in [0.15, 0.2) is 0 Å². The van der Waals surface area contributed by atoms with Crippen molar-refractivity contribution >= 4 is 23.2 Å². The first-order chi connectivity index (χ1) is 4.31. The van der Waals surface area contributed by atoms with Crippen LogP contribution in [0.5, 0.6) is 0 Å². The fraction of sp³-hybridized carbons (Fsp3) is 1.00. The van der Waals surface area contributed by atoms with Gasteiger partial charge in [-0.05, 0) is 0 Å². The van der Waals surface area contributed by atoms with E-state index in [-0.39, 0.29) is 0 Å². The summed E-state index contributed by atoms with van der Waals surface area (Å²) in [6, 6.07) is 0. The lowest BCUT2D eigenvalue weighted by Gasteiger charge is -2.00. The van der Waals surface area contributed by atoms with Crippen LogP contribution < -0.4 is 0 Å². The lowest BCUT2D eigenvalue weighted by atomic mass is 10.7. The fourth-order valence-corrected chi connectivity index (χ4v) is 1.16. The van der Waals surface area contributed by atoms with E-state index in [9.17, 15) is 13.2 Å². The standard InChI is InChI=1S/C4H3Cl2F3O/c1-10-4(9)2(5,6)3(4,7)8/h1H3. The fourth-order valence-electron chi connectivity index (χ4n) is 0.620. The Morgan fingerprint density at radius 2 is 1.50 bits per heavy atom. The average molecular weight is 195 g/mol. The molecule has 0 aromatic carbocycles. The molecule has 0 saturated heterocycles. The Hall–Kier alpha value is 0.330. The number of hydrogen-bond acceptors (Lipinski definition) is 1. The summed E-state index contributed by atoms with van der Waals surface area (Å²) in [5.41, 5.74) is 0. The van der Waals surface area contributed by atoms with Gasteiger partial charge in [-0.1, -0.05) is 23.2 Å². The summed E-state index contributed by atoms with van der Waals surface area (Å²) in [6.07, 6.45) is 0. The Balaban J connectivity index is 2.90. The van der Waals surface area contributed by atoms with Crippen LogP contribution in [0.2, 0.25) is 0 Å². The lowest BCUT2D eigenvalue weighted by Crippen LogP contribution is -2.15. The molecule has 1 rings (SSSR count). The van der Waals surface area contributed by atoms with Gasteiger partial charge in [0.25, 0.3) is 4.33 Å². The normalized spacial score (nSPS) is 41.4. The summed E-state index contributed by atoms with van der Waals surface area (Å²) in [6.45, 7) is 0. The van der Waals surface area contributed by atoms with E-state index in [1.165, 1.54) is 0 Å². The van der Waals surface area contributed by atoms with Gasteiger partial charge >= 0.3 is 11.8 Å². The van der Waals surface area contributed by atoms with E-state index in [4.69, 9.17) is 23.2 Å². The minimum atomic E-state index is -3.81. The minimum absolute atomic E-state index is 0.778. The molecule has 0 aromatic rings. The highest BCUT2D eigenvalue weighted by Gasteiger charge is 2.96. The van der Waals surface area contributed by atoms with Gasteiger partial charge in [0.1, 0.15) is 0 Å². The summed E-state index contributed by atoms with van der Waals surface area (Å²) in [5, 5.41) is 0. The zero-order chi connectivity index (χ0) is 8.21. The third-order valence-electron chi connectivity index (χ3n) is 1.42. The van der Waals surface area contributed by atoms with Gasteiger partial charge in [-0.2, -0.15) is 8.78 Å². The first kappa shape index (κ1) is 8.43. The summed E-state index contributed by atoms with van der Waals surface area (Å²) in [7, 11) is 0.778. The van der Waals surface area contributed by atoms with Crippen LogP contribution in [-0.2, 0) is 4.74 Å². The Morgan fingerprint density at radius 3 is 1.50 bits per heavy atom. The topological polar surface area (TPSA) is 9.23 Å². The van der Waals surface area contributed by atoms with Crippen molar-refractivity contribution in [1.29, 1.82) is 0 Å². The van der Waals surface area contributed by atoms with E-state index in [0.717, 1.165) is 7.11 Å². The van der Waals surface area contributed by atoms with Crippen molar-refractivity contribution in [3.8, 4) is 0 Å². The third-order valence-corrected chi connectivity index (χ3v) is 2.38. The molecular weight excluding hydrogens is 192 g/mol. The maximum atomic E-state index is 12.5. The van der Waals surface area contributed by atoms with Crippen LogP contribution in [0, 0.1) is 0 Å². The Bertz CT molecular complexity index is 156. The lowest BCUT2D eigenvalue weighted by molar-refractivity contribution is -0.112. The Labute approximate surface area is 65.0 Å². The molecule has 6 heteroatoms. The van der Waals surface area contributed by atoms with Gasteiger partial charge in [0.15, 0.2) is 0 Å². The van der Waals surface area contributed by atoms with Crippen LogP contribution in [0.3, 0.4) is 0 Å². The predicted octanol–water partition coefficient (Wildman–Crippen LogP) is 2.12. The molecule has 1 atom stereocenters. The smallest absolute Gasteiger partial charge is 0.342 e. The molecule has 1 aliphatic rings. The maximum Gasteiger partial charge on any atom is 0.347 e. The first-order valence-corrected chi connectivity index (χ1v) is 3.06. The van der Waals surface area contributed by atoms with E-state index in [2.05, 4.69) is 4.74 Å². The first-order valence-electron chi connectivity index (χ1n) is 2.31. The van der Waals surface area contributed by atoms with E-state index in [1.54, 1.807) is 0 Å². The quantitative estimate of drug-likeness (QED) is 0.582. The molecule has 0 aliphatic heterocycles. The van der Waals surface area contributed by atoms with E-state index >= 15 is 0 Å². The number of rotatable bonds is 1. The van der Waals surface area contributed by atoms with Crippen LogP contribution in [0.1, 0.15) is 0 Å². The zero-order valence-electron chi connectivity index (χ0n) is 4.80. The number of ether oxygens (including phenoxy) is 1. The van der Waals surface area contributed by atoms with Gasteiger partial charge < -0.3 is 4.74 Å². The third kappa shape index (κ3) is 0.558. The molecule has 1 nitrogen and oxygen atoms in total. The monoisotopic (exact) mass is 194 g/mol. The number of methoxy groups -OCH3 is 1. The number of hydrogen-bond donors (Lipinski definition) is 0. The van der Waals surface area contributed by atoms with E-state index in [0.29, 0.717) is 0 Å². The van der Waals surface area contributed by atoms with E-state index in [1.807, 2.05) is 0 Å². The molecule has 10 heavy (non-hydrogen) atoms. The molecule has 1 saturated carbocycles. The molecule has 1 unspecified atom stereocenters. The summed E-state index contributed by atoms with van der Waals surface area (Å²) >= 11 is 9.71. The van der Waals surface area contributed by atoms with Crippen molar-refractivity contribution in [1.82, 2.24) is 0 Å². The van der Waals surface area contributed by atoms with Crippen molar-refractivity contribution in [2.24, 2.45) is 0 Å². The molecule has 0 aromatic heterocycles. The zero-order valence-corrected chi connectivity index (χ0v) is 6.31. The molecule has 1 fully saturated rings. The average Bonchev–Trinajstić information content (AvgIpc) is 2.11. The SMILES string of the molecule is COC1(F)C(F)(F)C1(Cl)Cl. The number of halogens is 5. The van der Waals surface area contributed by atoms with Crippen molar-refractivity contribution < 1.29 is 17.9 Å². The largest absolute Gasteiger partial charge is 0.347 e. The maximum absolute atomic E-state index is 12.5. The van der Waals surface area contributed by atoms with Gasteiger partial charge in [0, 0.05) is 7.11 Å². The van der Waals surface area contributed by atoms with Gasteiger partial charge in [-0.15, -0.1) is 0 Å². The summed E-state index contributed by atoms with van der Waals surface area (Å²) in [5.74, 6) is -7.03. The highest BCUT2D eigenvalue weighted by Crippen LogP contribution is 2.71. The summed E-state index contributed by atoms with van der Waals surface area (Å²) < 4.78 is 38.0. The predicted molar refractivity (Wildman–Crippen MR) is 30.2 cm³/mol. The second kappa shape index (κ2) is 1.73. The molecule has 0 heterocycles. The van der Waals surface area contributed by atoms with Gasteiger partial charge in [0.05, 0.1) is 0 Å². The number of alkyl halides is 5. The van der Waals surface area contributed by atoms with Crippen molar-refractivity contribution in [3.63, 3.8) is 0 Å². The van der Waals surface area contributed by atoms with Gasteiger partial charge in [-0.25, -0.2) is 4.39 Å². The molecule has 0 bridgehead atoms. The molecule has 1 aliphatic carbocycles. The van der Waals surface area contributed by atoms with Crippen LogP contribution in [0.25, 0.3) is 0 Å². The molecule has 0 spiro atoms. The van der Waals surface area contributed by atoms with Crippen molar-refractivity contribution in [3.05, 3.63) is 0 Å². The molecule has 0 amide bonds. The van der Waals surface area contributed by atoms with Crippen molar-refractivity contribution in [2.45, 2.75) is 16.1 Å².